The Hall–Kier alpha value is -1.27. The first-order chi connectivity index (χ1) is 9.71. The van der Waals surface area contributed by atoms with Crippen molar-refractivity contribution in [1.82, 2.24) is 10.2 Å². The summed E-state index contributed by atoms with van der Waals surface area (Å²) in [5, 5.41) is 2.67. The van der Waals surface area contributed by atoms with Gasteiger partial charge in [0.05, 0.1) is 0 Å². The van der Waals surface area contributed by atoms with Gasteiger partial charge in [-0.15, -0.1) is 0 Å². The van der Waals surface area contributed by atoms with Crippen LogP contribution in [0.1, 0.15) is 46.5 Å². The molecule has 0 aromatic rings. The Labute approximate surface area is 123 Å². The molecule has 0 radical (unpaired) electrons. The number of amides is 2. The van der Waals surface area contributed by atoms with E-state index in [4.69, 9.17) is 0 Å². The number of hydrogen-bond acceptors (Lipinski definition) is 2. The maximum Gasteiger partial charge on any atom is 0.389 e. The third-order valence-electron chi connectivity index (χ3n) is 3.95. The second kappa shape index (κ2) is 7.13. The van der Waals surface area contributed by atoms with E-state index in [0.717, 1.165) is 0 Å². The second-order valence-electron chi connectivity index (χ2n) is 5.55. The maximum atomic E-state index is 12.3. The molecular weight excluding hydrogens is 285 g/mol. The molecule has 122 valence electrons. The van der Waals surface area contributed by atoms with E-state index in [1.165, 1.54) is 4.90 Å². The summed E-state index contributed by atoms with van der Waals surface area (Å²) in [5.41, 5.74) is 0. The van der Waals surface area contributed by atoms with Gasteiger partial charge in [-0.1, -0.05) is 27.2 Å². The van der Waals surface area contributed by atoms with Crippen LogP contribution >= 0.6 is 0 Å². The van der Waals surface area contributed by atoms with Crippen LogP contribution in [0.2, 0.25) is 0 Å². The van der Waals surface area contributed by atoms with Crippen molar-refractivity contribution < 1.29 is 22.8 Å². The largest absolute Gasteiger partial charge is 0.389 e. The molecule has 0 aromatic carbocycles. The molecule has 1 aliphatic heterocycles. The molecule has 21 heavy (non-hydrogen) atoms. The molecule has 1 fully saturated rings. The summed E-state index contributed by atoms with van der Waals surface area (Å²) in [6.45, 7) is 5.46. The molecule has 0 aromatic heterocycles. The molecule has 3 atom stereocenters. The molecule has 4 nitrogen and oxygen atoms in total. The highest BCUT2D eigenvalue weighted by molar-refractivity contribution is 5.97. The molecule has 0 aliphatic carbocycles. The molecule has 3 unspecified atom stereocenters. The Kier molecular flexibility index (Phi) is 6.04. The number of carbonyl (C=O) groups excluding carboxylic acids is 2. The summed E-state index contributed by atoms with van der Waals surface area (Å²) >= 11 is 0. The number of alkyl halides is 3. The Morgan fingerprint density at radius 1 is 1.29 bits per heavy atom. The normalized spacial score (nSPS) is 25.0. The summed E-state index contributed by atoms with van der Waals surface area (Å²) in [4.78, 5) is 25.8. The van der Waals surface area contributed by atoms with Gasteiger partial charge < -0.3 is 10.2 Å². The Morgan fingerprint density at radius 3 is 2.38 bits per heavy atom. The van der Waals surface area contributed by atoms with Crippen molar-refractivity contribution in [3.8, 4) is 0 Å². The minimum atomic E-state index is -4.24. The number of rotatable bonds is 6. The molecule has 1 saturated heterocycles. The Bertz CT molecular complexity index is 385. The van der Waals surface area contributed by atoms with E-state index in [1.807, 2.05) is 13.8 Å². The van der Waals surface area contributed by atoms with E-state index in [-0.39, 0.29) is 30.7 Å². The van der Waals surface area contributed by atoms with Gasteiger partial charge in [0.15, 0.2) is 0 Å². The molecule has 7 heteroatoms. The Morgan fingerprint density at radius 2 is 1.90 bits per heavy atom. The lowest BCUT2D eigenvalue weighted by atomic mass is 9.92. The molecular formula is C14H23F3N2O2. The third kappa shape index (κ3) is 4.61. The summed E-state index contributed by atoms with van der Waals surface area (Å²) < 4.78 is 36.8. The van der Waals surface area contributed by atoms with Crippen molar-refractivity contribution in [1.29, 1.82) is 0 Å². The number of piperazine rings is 1. The molecule has 0 saturated carbocycles. The first-order valence-electron chi connectivity index (χ1n) is 7.38. The summed E-state index contributed by atoms with van der Waals surface area (Å²) in [7, 11) is 0. The molecule has 0 spiro atoms. The monoisotopic (exact) mass is 308 g/mol. The molecule has 1 aliphatic rings. The second-order valence-corrected chi connectivity index (χ2v) is 5.55. The highest BCUT2D eigenvalue weighted by Crippen LogP contribution is 2.25. The van der Waals surface area contributed by atoms with Crippen molar-refractivity contribution in [2.24, 2.45) is 5.92 Å². The van der Waals surface area contributed by atoms with Gasteiger partial charge in [-0.3, -0.25) is 9.59 Å². The fourth-order valence-corrected chi connectivity index (χ4v) is 2.56. The highest BCUT2D eigenvalue weighted by Gasteiger charge is 2.42. The third-order valence-corrected chi connectivity index (χ3v) is 3.95. The predicted molar refractivity (Wildman–Crippen MR) is 72.5 cm³/mol. The number of carbonyl (C=O) groups is 2. The number of hydrogen-bond donors (Lipinski definition) is 1. The predicted octanol–water partition coefficient (Wildman–Crippen LogP) is 2.48. The van der Waals surface area contributed by atoms with Crippen LogP contribution in [-0.2, 0) is 9.59 Å². The summed E-state index contributed by atoms with van der Waals surface area (Å²) in [6.07, 6.45) is -4.24. The average molecular weight is 308 g/mol. The fraction of sp³-hybridized carbons (Fsp3) is 0.857. The van der Waals surface area contributed by atoms with E-state index in [0.29, 0.717) is 12.8 Å². The van der Waals surface area contributed by atoms with Gasteiger partial charge in [0.2, 0.25) is 11.8 Å². The van der Waals surface area contributed by atoms with Crippen molar-refractivity contribution in [3.05, 3.63) is 0 Å². The van der Waals surface area contributed by atoms with Gasteiger partial charge in [0, 0.05) is 13.0 Å². The maximum absolute atomic E-state index is 12.3. The van der Waals surface area contributed by atoms with E-state index in [2.05, 4.69) is 5.32 Å². The van der Waals surface area contributed by atoms with Gasteiger partial charge in [-0.05, 0) is 18.8 Å². The summed E-state index contributed by atoms with van der Waals surface area (Å²) in [6, 6.07) is -1.29. The molecule has 1 heterocycles. The minimum absolute atomic E-state index is 0.0305. The van der Waals surface area contributed by atoms with Crippen molar-refractivity contribution in [3.63, 3.8) is 0 Å². The van der Waals surface area contributed by atoms with Crippen molar-refractivity contribution in [2.75, 3.05) is 6.54 Å². The van der Waals surface area contributed by atoms with Gasteiger partial charge >= 0.3 is 6.18 Å². The quantitative estimate of drug-likeness (QED) is 0.819. The smallest absolute Gasteiger partial charge is 0.343 e. The van der Waals surface area contributed by atoms with Crippen LogP contribution in [-0.4, -0.2) is 41.5 Å². The van der Waals surface area contributed by atoms with Gasteiger partial charge in [0.1, 0.15) is 12.1 Å². The lowest BCUT2D eigenvalue weighted by Crippen LogP contribution is -2.65. The minimum Gasteiger partial charge on any atom is -0.343 e. The van der Waals surface area contributed by atoms with Gasteiger partial charge in [-0.2, -0.15) is 13.2 Å². The van der Waals surface area contributed by atoms with Crippen LogP contribution in [0, 0.1) is 5.92 Å². The lowest BCUT2D eigenvalue weighted by molar-refractivity contribution is -0.154. The number of nitrogens with zero attached hydrogens (tertiary/aromatic N) is 1. The number of nitrogens with one attached hydrogen (secondary N) is 1. The van der Waals surface area contributed by atoms with Crippen LogP contribution in [0.5, 0.6) is 0 Å². The van der Waals surface area contributed by atoms with Crippen molar-refractivity contribution in [2.45, 2.75) is 64.7 Å². The van der Waals surface area contributed by atoms with Crippen LogP contribution in [0.3, 0.4) is 0 Å². The number of halogens is 3. The average Bonchev–Trinajstić information content (AvgIpc) is 2.40. The van der Waals surface area contributed by atoms with Gasteiger partial charge in [0.25, 0.3) is 0 Å². The first-order valence-corrected chi connectivity index (χ1v) is 7.38. The van der Waals surface area contributed by atoms with E-state index in [9.17, 15) is 22.8 Å². The van der Waals surface area contributed by atoms with E-state index in [1.54, 1.807) is 6.92 Å². The van der Waals surface area contributed by atoms with Crippen LogP contribution in [0.25, 0.3) is 0 Å². The van der Waals surface area contributed by atoms with E-state index < -0.39 is 24.7 Å². The zero-order valence-corrected chi connectivity index (χ0v) is 12.7. The molecule has 2 amide bonds. The Balaban J connectivity index is 2.83. The highest BCUT2D eigenvalue weighted by atomic mass is 19.4. The lowest BCUT2D eigenvalue weighted by Gasteiger charge is -2.41. The topological polar surface area (TPSA) is 49.4 Å². The van der Waals surface area contributed by atoms with Gasteiger partial charge in [-0.25, -0.2) is 0 Å². The molecule has 1 N–H and O–H groups in total. The molecule has 0 bridgehead atoms. The SMILES string of the molecule is CCC1NC(=O)C(C(C)CC)N(CCCC(F)(F)F)C1=O. The standard InChI is InChI=1S/C14H23F3N2O2/c1-4-9(3)11-12(20)18-10(5-2)13(21)19(11)8-6-7-14(15,16)17/h9-11H,4-8H2,1-3H3,(H,18,20). The fourth-order valence-electron chi connectivity index (χ4n) is 2.56. The zero-order valence-electron chi connectivity index (χ0n) is 12.7. The first kappa shape index (κ1) is 17.8. The van der Waals surface area contributed by atoms with Crippen LogP contribution in [0.15, 0.2) is 0 Å². The van der Waals surface area contributed by atoms with Crippen LogP contribution in [0.4, 0.5) is 13.2 Å². The zero-order chi connectivity index (χ0) is 16.2. The van der Waals surface area contributed by atoms with Crippen molar-refractivity contribution >= 4 is 11.8 Å². The van der Waals surface area contributed by atoms with E-state index >= 15 is 0 Å². The summed E-state index contributed by atoms with van der Waals surface area (Å²) in [5.74, 6) is -0.620. The van der Waals surface area contributed by atoms with Crippen LogP contribution < -0.4 is 5.32 Å². The molecule has 1 rings (SSSR count).